The standard InChI is InChI=1S/C14H20N2/c1-11-8-13(14(2,3)4)7-6-12(11)9-16(5)10-15/h6-8H,9H2,1-5H3. The molecular weight excluding hydrogens is 196 g/mol. The number of aryl methyl sites for hydroxylation is 1. The van der Waals surface area contributed by atoms with Gasteiger partial charge in [0.2, 0.25) is 0 Å². The van der Waals surface area contributed by atoms with Crippen LogP contribution < -0.4 is 0 Å². The molecule has 0 spiro atoms. The third kappa shape index (κ3) is 3.00. The predicted octanol–water partition coefficient (Wildman–Crippen LogP) is 3.21. The first-order valence-corrected chi connectivity index (χ1v) is 5.55. The number of nitrogens with zero attached hydrogens (tertiary/aromatic N) is 2. The monoisotopic (exact) mass is 216 g/mol. The molecule has 1 aromatic carbocycles. The maximum atomic E-state index is 8.75. The minimum Gasteiger partial charge on any atom is -0.309 e. The minimum atomic E-state index is 0.185. The van der Waals surface area contributed by atoms with E-state index in [2.05, 4.69) is 52.1 Å². The zero-order chi connectivity index (χ0) is 12.3. The molecule has 86 valence electrons. The van der Waals surface area contributed by atoms with Crippen molar-refractivity contribution in [2.75, 3.05) is 7.05 Å². The maximum Gasteiger partial charge on any atom is 0.179 e. The molecule has 0 fully saturated rings. The van der Waals surface area contributed by atoms with Crippen LogP contribution in [0.3, 0.4) is 0 Å². The lowest BCUT2D eigenvalue weighted by Crippen LogP contribution is -2.14. The third-order valence-electron chi connectivity index (χ3n) is 2.79. The van der Waals surface area contributed by atoms with Crippen LogP contribution in [0, 0.1) is 18.4 Å². The number of nitriles is 1. The van der Waals surface area contributed by atoms with E-state index >= 15 is 0 Å². The molecule has 2 nitrogen and oxygen atoms in total. The molecule has 0 heterocycles. The van der Waals surface area contributed by atoms with Gasteiger partial charge >= 0.3 is 0 Å². The second-order valence-corrected chi connectivity index (χ2v) is 5.35. The highest BCUT2D eigenvalue weighted by Crippen LogP contribution is 2.24. The van der Waals surface area contributed by atoms with E-state index in [-0.39, 0.29) is 5.41 Å². The molecule has 0 radical (unpaired) electrons. The van der Waals surface area contributed by atoms with Crippen molar-refractivity contribution >= 4 is 0 Å². The SMILES string of the molecule is Cc1cc(C(C)(C)C)ccc1CN(C)C#N. The van der Waals surface area contributed by atoms with Gasteiger partial charge in [0.05, 0.1) is 6.54 Å². The Morgan fingerprint density at radius 1 is 1.31 bits per heavy atom. The van der Waals surface area contributed by atoms with Gasteiger partial charge in [-0.25, -0.2) is 0 Å². The fraction of sp³-hybridized carbons (Fsp3) is 0.500. The van der Waals surface area contributed by atoms with Gasteiger partial charge < -0.3 is 4.90 Å². The lowest BCUT2D eigenvalue weighted by molar-refractivity contribution is 0.468. The minimum absolute atomic E-state index is 0.185. The summed E-state index contributed by atoms with van der Waals surface area (Å²) in [6.45, 7) is 9.43. The highest BCUT2D eigenvalue weighted by Gasteiger charge is 2.14. The molecule has 0 aromatic heterocycles. The molecular formula is C14H20N2. The third-order valence-corrected chi connectivity index (χ3v) is 2.79. The summed E-state index contributed by atoms with van der Waals surface area (Å²) < 4.78 is 0. The average Bonchev–Trinajstić information content (AvgIpc) is 2.19. The Hall–Kier alpha value is -1.49. The van der Waals surface area contributed by atoms with Crippen molar-refractivity contribution in [3.8, 4) is 6.19 Å². The topological polar surface area (TPSA) is 27.0 Å². The van der Waals surface area contributed by atoms with E-state index in [1.165, 1.54) is 16.7 Å². The molecule has 0 unspecified atom stereocenters. The van der Waals surface area contributed by atoms with Gasteiger partial charge in [0.25, 0.3) is 0 Å². The molecule has 1 aromatic rings. The van der Waals surface area contributed by atoms with E-state index in [0.29, 0.717) is 6.54 Å². The van der Waals surface area contributed by atoms with Crippen molar-refractivity contribution in [2.45, 2.75) is 39.7 Å². The highest BCUT2D eigenvalue weighted by atomic mass is 15.1. The van der Waals surface area contributed by atoms with Crippen molar-refractivity contribution < 1.29 is 0 Å². The Labute approximate surface area is 98.5 Å². The molecule has 0 N–H and O–H groups in total. The van der Waals surface area contributed by atoms with Crippen molar-refractivity contribution in [3.05, 3.63) is 34.9 Å². The normalized spacial score (nSPS) is 11.0. The van der Waals surface area contributed by atoms with Crippen LogP contribution in [0.1, 0.15) is 37.5 Å². The highest BCUT2D eigenvalue weighted by molar-refractivity contribution is 5.34. The number of rotatable bonds is 2. The summed E-state index contributed by atoms with van der Waals surface area (Å²) in [5, 5.41) is 8.75. The molecule has 0 saturated carbocycles. The van der Waals surface area contributed by atoms with E-state index in [1.54, 1.807) is 11.9 Å². The van der Waals surface area contributed by atoms with Gasteiger partial charge in [-0.05, 0) is 29.0 Å². The van der Waals surface area contributed by atoms with E-state index in [0.717, 1.165) is 0 Å². The summed E-state index contributed by atoms with van der Waals surface area (Å²) in [6, 6.07) is 6.51. The van der Waals surface area contributed by atoms with Crippen molar-refractivity contribution in [1.82, 2.24) is 4.90 Å². The number of hydrogen-bond donors (Lipinski definition) is 0. The largest absolute Gasteiger partial charge is 0.309 e. The van der Waals surface area contributed by atoms with Gasteiger partial charge in [-0.1, -0.05) is 39.0 Å². The zero-order valence-electron chi connectivity index (χ0n) is 10.8. The number of benzene rings is 1. The predicted molar refractivity (Wildman–Crippen MR) is 67.0 cm³/mol. The fourth-order valence-electron chi connectivity index (χ4n) is 1.63. The van der Waals surface area contributed by atoms with E-state index in [9.17, 15) is 0 Å². The van der Waals surface area contributed by atoms with Crippen molar-refractivity contribution in [3.63, 3.8) is 0 Å². The molecule has 0 atom stereocenters. The van der Waals surface area contributed by atoms with Crippen LogP contribution in [0.15, 0.2) is 18.2 Å². The molecule has 0 aliphatic heterocycles. The van der Waals surface area contributed by atoms with E-state index in [1.807, 2.05) is 0 Å². The van der Waals surface area contributed by atoms with Gasteiger partial charge in [0.1, 0.15) is 0 Å². The average molecular weight is 216 g/mol. The van der Waals surface area contributed by atoms with Gasteiger partial charge in [0, 0.05) is 7.05 Å². The van der Waals surface area contributed by atoms with Crippen LogP contribution in [-0.4, -0.2) is 11.9 Å². The van der Waals surface area contributed by atoms with E-state index in [4.69, 9.17) is 5.26 Å². The Morgan fingerprint density at radius 2 is 1.94 bits per heavy atom. The van der Waals surface area contributed by atoms with Gasteiger partial charge in [0.15, 0.2) is 6.19 Å². The van der Waals surface area contributed by atoms with Crippen LogP contribution in [0.25, 0.3) is 0 Å². The quantitative estimate of drug-likeness (QED) is 0.560. The Bertz CT molecular complexity index is 408. The first-order chi connectivity index (χ1) is 7.34. The fourth-order valence-corrected chi connectivity index (χ4v) is 1.63. The van der Waals surface area contributed by atoms with Crippen LogP contribution in [0.5, 0.6) is 0 Å². The molecule has 0 bridgehead atoms. The van der Waals surface area contributed by atoms with Crippen LogP contribution in [0.2, 0.25) is 0 Å². The first kappa shape index (κ1) is 12.6. The van der Waals surface area contributed by atoms with Gasteiger partial charge in [-0.2, -0.15) is 5.26 Å². The molecule has 0 aliphatic rings. The Morgan fingerprint density at radius 3 is 2.38 bits per heavy atom. The molecule has 0 aliphatic carbocycles. The zero-order valence-corrected chi connectivity index (χ0v) is 10.8. The molecule has 0 amide bonds. The summed E-state index contributed by atoms with van der Waals surface area (Å²) in [5.74, 6) is 0. The number of hydrogen-bond acceptors (Lipinski definition) is 2. The Balaban J connectivity index is 2.97. The van der Waals surface area contributed by atoms with Gasteiger partial charge in [-0.15, -0.1) is 0 Å². The smallest absolute Gasteiger partial charge is 0.179 e. The summed E-state index contributed by atoms with van der Waals surface area (Å²) in [4.78, 5) is 1.64. The maximum absolute atomic E-state index is 8.75. The molecule has 2 heteroatoms. The lowest BCUT2D eigenvalue weighted by atomic mass is 9.85. The van der Waals surface area contributed by atoms with Crippen LogP contribution in [0.4, 0.5) is 0 Å². The summed E-state index contributed by atoms with van der Waals surface area (Å²) in [6.07, 6.45) is 2.12. The van der Waals surface area contributed by atoms with Crippen molar-refractivity contribution in [1.29, 1.82) is 5.26 Å². The summed E-state index contributed by atoms with van der Waals surface area (Å²) >= 11 is 0. The molecule has 0 saturated heterocycles. The van der Waals surface area contributed by atoms with Crippen LogP contribution >= 0.6 is 0 Å². The Kier molecular flexibility index (Phi) is 3.59. The molecule has 1 rings (SSSR count). The van der Waals surface area contributed by atoms with E-state index < -0.39 is 0 Å². The van der Waals surface area contributed by atoms with Gasteiger partial charge in [-0.3, -0.25) is 0 Å². The lowest BCUT2D eigenvalue weighted by Gasteiger charge is -2.21. The van der Waals surface area contributed by atoms with Crippen LogP contribution in [-0.2, 0) is 12.0 Å². The summed E-state index contributed by atoms with van der Waals surface area (Å²) in [7, 11) is 1.80. The second-order valence-electron chi connectivity index (χ2n) is 5.35. The molecule has 16 heavy (non-hydrogen) atoms. The first-order valence-electron chi connectivity index (χ1n) is 5.55. The summed E-state index contributed by atoms with van der Waals surface area (Å²) in [5.41, 5.74) is 4.00. The van der Waals surface area contributed by atoms with Crippen molar-refractivity contribution in [2.24, 2.45) is 0 Å². The second kappa shape index (κ2) is 4.57.